The molecule has 0 aromatic heterocycles. The number of halogens is 2. The molecule has 0 spiro atoms. The molecule has 0 radical (unpaired) electrons. The molecule has 0 N–H and O–H groups in total. The number of anilines is 2. The average Bonchev–Trinajstić information content (AvgIpc) is 3.19. The molecule has 2 aromatic carbocycles. The Hall–Kier alpha value is -3.46. The third-order valence-electron chi connectivity index (χ3n) is 7.52. The first-order valence-corrected chi connectivity index (χ1v) is 13.3. The number of hydrogen-bond acceptors (Lipinski definition) is 6. The Bertz CT molecular complexity index is 1300. The minimum atomic E-state index is -0.640. The molecule has 2 saturated heterocycles. The van der Waals surface area contributed by atoms with E-state index in [9.17, 15) is 23.6 Å². The lowest BCUT2D eigenvalue weighted by molar-refractivity contribution is -0.152. The summed E-state index contributed by atoms with van der Waals surface area (Å²) in [6.45, 7) is 4.09. The van der Waals surface area contributed by atoms with Crippen LogP contribution in [0.3, 0.4) is 0 Å². The smallest absolute Gasteiger partial charge is 0.310 e. The molecule has 5 rings (SSSR count). The summed E-state index contributed by atoms with van der Waals surface area (Å²) < 4.78 is 18.9. The molecule has 0 saturated carbocycles. The van der Waals surface area contributed by atoms with Crippen molar-refractivity contribution in [1.82, 2.24) is 4.90 Å². The van der Waals surface area contributed by atoms with Gasteiger partial charge in [0.1, 0.15) is 5.82 Å². The molecular weight excluding hydrogens is 513 g/mol. The van der Waals surface area contributed by atoms with Gasteiger partial charge in [-0.05, 0) is 62.9 Å². The van der Waals surface area contributed by atoms with E-state index in [1.165, 1.54) is 12.1 Å². The molecule has 2 fully saturated rings. The molecule has 3 amide bonds. The van der Waals surface area contributed by atoms with E-state index in [0.29, 0.717) is 51.3 Å². The zero-order valence-corrected chi connectivity index (χ0v) is 21.9. The van der Waals surface area contributed by atoms with Gasteiger partial charge in [0.05, 0.1) is 46.0 Å². The Morgan fingerprint density at radius 3 is 2.55 bits per heavy atom. The van der Waals surface area contributed by atoms with Crippen LogP contribution in [0.4, 0.5) is 15.8 Å². The molecule has 3 aliphatic heterocycles. The molecule has 0 unspecified atom stereocenters. The lowest BCUT2D eigenvalue weighted by Gasteiger charge is -2.39. The Morgan fingerprint density at radius 1 is 1.03 bits per heavy atom. The molecule has 38 heavy (non-hydrogen) atoms. The average molecular weight is 542 g/mol. The molecular formula is C28H29ClFN3O5. The number of esters is 1. The van der Waals surface area contributed by atoms with E-state index in [0.717, 1.165) is 23.8 Å². The van der Waals surface area contributed by atoms with E-state index in [1.807, 2.05) is 4.90 Å². The zero-order chi connectivity index (χ0) is 27.0. The summed E-state index contributed by atoms with van der Waals surface area (Å²) in [5, 5.41) is -0.181. The molecule has 10 heteroatoms. The van der Waals surface area contributed by atoms with Crippen LogP contribution in [0.5, 0.6) is 0 Å². The third-order valence-corrected chi connectivity index (χ3v) is 7.81. The number of fused-ring (bicyclic) bond motifs is 1. The molecule has 3 heterocycles. The minimum Gasteiger partial charge on any atom is -0.466 e. The molecule has 2 aromatic rings. The monoisotopic (exact) mass is 541 g/mol. The number of piperidine rings is 2. The summed E-state index contributed by atoms with van der Waals surface area (Å²) in [6, 6.07) is 8.84. The van der Waals surface area contributed by atoms with Crippen molar-refractivity contribution in [1.29, 1.82) is 0 Å². The van der Waals surface area contributed by atoms with Gasteiger partial charge >= 0.3 is 5.97 Å². The van der Waals surface area contributed by atoms with Crippen LogP contribution in [0.25, 0.3) is 0 Å². The van der Waals surface area contributed by atoms with E-state index >= 15 is 0 Å². The van der Waals surface area contributed by atoms with Crippen LogP contribution >= 0.6 is 11.6 Å². The normalized spacial score (nSPS) is 21.5. The van der Waals surface area contributed by atoms with Gasteiger partial charge in [0.25, 0.3) is 11.8 Å². The highest BCUT2D eigenvalue weighted by atomic mass is 35.5. The zero-order valence-electron chi connectivity index (χ0n) is 21.1. The number of likely N-dealkylation sites (tertiary alicyclic amines) is 1. The molecule has 0 bridgehead atoms. The Labute approximate surface area is 225 Å². The Balaban J connectivity index is 1.35. The van der Waals surface area contributed by atoms with Gasteiger partial charge in [-0.3, -0.25) is 19.2 Å². The van der Waals surface area contributed by atoms with Crippen molar-refractivity contribution in [2.45, 2.75) is 32.6 Å². The van der Waals surface area contributed by atoms with Crippen LogP contribution in [-0.4, -0.2) is 61.4 Å². The van der Waals surface area contributed by atoms with E-state index < -0.39 is 17.6 Å². The van der Waals surface area contributed by atoms with Crippen molar-refractivity contribution in [2.24, 2.45) is 11.8 Å². The maximum Gasteiger partial charge on any atom is 0.310 e. The van der Waals surface area contributed by atoms with Crippen molar-refractivity contribution in [3.8, 4) is 0 Å². The SMILES string of the molecule is CCOC(=O)[C@@H]1CCCN(C(=O)[C@@H]2CCCN(c3cccc4c3C(=O)N(c3ccc(F)c(Cl)c3)C4=O)C2)C1. The van der Waals surface area contributed by atoms with Gasteiger partial charge in [-0.25, -0.2) is 9.29 Å². The van der Waals surface area contributed by atoms with Crippen LogP contribution in [0.1, 0.15) is 53.3 Å². The van der Waals surface area contributed by atoms with Crippen LogP contribution in [0.2, 0.25) is 5.02 Å². The second kappa shape index (κ2) is 10.7. The summed E-state index contributed by atoms with van der Waals surface area (Å²) in [6.07, 6.45) is 2.91. The number of amides is 3. The number of carbonyl (C=O) groups is 4. The number of imide groups is 1. The molecule has 0 aliphatic carbocycles. The largest absolute Gasteiger partial charge is 0.466 e. The number of nitrogens with zero attached hydrogens (tertiary/aromatic N) is 3. The van der Waals surface area contributed by atoms with E-state index in [-0.39, 0.29) is 45.5 Å². The summed E-state index contributed by atoms with van der Waals surface area (Å²) in [4.78, 5) is 57.2. The van der Waals surface area contributed by atoms with Crippen molar-refractivity contribution in [2.75, 3.05) is 42.6 Å². The predicted molar refractivity (Wildman–Crippen MR) is 140 cm³/mol. The maximum absolute atomic E-state index is 13.7. The van der Waals surface area contributed by atoms with Crippen molar-refractivity contribution >= 4 is 46.7 Å². The van der Waals surface area contributed by atoms with Gasteiger partial charge in [-0.1, -0.05) is 17.7 Å². The maximum atomic E-state index is 13.7. The standard InChI is InChI=1S/C28H29ClFN3O5/c1-2-38-28(37)18-7-5-13-32(16-18)25(34)17-6-4-12-31(15-17)23-9-3-8-20-24(23)27(36)33(26(20)35)19-10-11-22(30)21(29)14-19/h3,8-11,14,17-18H,2,4-7,12-13,15-16H2,1H3/t17-,18-/m1/s1. The lowest BCUT2D eigenvalue weighted by atomic mass is 9.92. The van der Waals surface area contributed by atoms with Crippen LogP contribution < -0.4 is 9.80 Å². The molecule has 3 aliphatic rings. The van der Waals surface area contributed by atoms with Crippen LogP contribution in [0, 0.1) is 17.7 Å². The van der Waals surface area contributed by atoms with Crippen LogP contribution in [-0.2, 0) is 14.3 Å². The van der Waals surface area contributed by atoms with Gasteiger partial charge in [-0.15, -0.1) is 0 Å². The van der Waals surface area contributed by atoms with Crippen LogP contribution in [0.15, 0.2) is 36.4 Å². The first kappa shape index (κ1) is 26.2. The lowest BCUT2D eigenvalue weighted by Crippen LogP contribution is -2.49. The Kier molecular flexibility index (Phi) is 7.38. The van der Waals surface area contributed by atoms with Gasteiger partial charge in [-0.2, -0.15) is 0 Å². The fraction of sp³-hybridized carbons (Fsp3) is 0.429. The number of hydrogen-bond donors (Lipinski definition) is 0. The second-order valence-corrected chi connectivity index (χ2v) is 10.3. The summed E-state index contributed by atoms with van der Waals surface area (Å²) >= 11 is 5.91. The van der Waals surface area contributed by atoms with Gasteiger partial charge < -0.3 is 14.5 Å². The first-order valence-electron chi connectivity index (χ1n) is 13.0. The molecule has 8 nitrogen and oxygen atoms in total. The van der Waals surface area contributed by atoms with Crippen molar-refractivity contribution < 1.29 is 28.3 Å². The quantitative estimate of drug-likeness (QED) is 0.414. The summed E-state index contributed by atoms with van der Waals surface area (Å²) in [5.74, 6) is -2.51. The molecule has 200 valence electrons. The number of carbonyl (C=O) groups excluding carboxylic acids is 4. The highest BCUT2D eigenvalue weighted by Gasteiger charge is 2.41. The third kappa shape index (κ3) is 4.75. The van der Waals surface area contributed by atoms with Crippen molar-refractivity contribution in [3.05, 3.63) is 58.4 Å². The second-order valence-electron chi connectivity index (χ2n) is 9.90. The fourth-order valence-corrected chi connectivity index (χ4v) is 5.85. The van der Waals surface area contributed by atoms with Gasteiger partial charge in [0, 0.05) is 26.2 Å². The predicted octanol–water partition coefficient (Wildman–Crippen LogP) is 4.30. The Morgan fingerprint density at radius 2 is 1.79 bits per heavy atom. The van der Waals surface area contributed by atoms with E-state index in [4.69, 9.17) is 16.3 Å². The van der Waals surface area contributed by atoms with Gasteiger partial charge in [0.15, 0.2) is 0 Å². The minimum absolute atomic E-state index is 0.00117. The van der Waals surface area contributed by atoms with E-state index in [1.54, 1.807) is 30.0 Å². The number of benzene rings is 2. The summed E-state index contributed by atoms with van der Waals surface area (Å²) in [7, 11) is 0. The number of rotatable bonds is 5. The molecule has 2 atom stereocenters. The van der Waals surface area contributed by atoms with Crippen molar-refractivity contribution in [3.63, 3.8) is 0 Å². The topological polar surface area (TPSA) is 87.2 Å². The highest BCUT2D eigenvalue weighted by Crippen LogP contribution is 2.37. The fourth-order valence-electron chi connectivity index (χ4n) is 5.68. The summed E-state index contributed by atoms with van der Waals surface area (Å²) in [5.41, 5.74) is 1.32. The highest BCUT2D eigenvalue weighted by molar-refractivity contribution is 6.37. The number of ether oxygens (including phenoxy) is 1. The van der Waals surface area contributed by atoms with E-state index in [2.05, 4.69) is 0 Å². The first-order chi connectivity index (χ1) is 18.3. The van der Waals surface area contributed by atoms with Gasteiger partial charge in [0.2, 0.25) is 5.91 Å².